The Labute approximate surface area is 122 Å². The summed E-state index contributed by atoms with van der Waals surface area (Å²) < 4.78 is 19.0. The fraction of sp³-hybridized carbons (Fsp3) is 0.250. The zero-order valence-electron chi connectivity index (χ0n) is 11.0. The van der Waals surface area contributed by atoms with Crippen LogP contribution in [0.1, 0.15) is 11.1 Å². The number of hydrogen-bond acceptors (Lipinski definition) is 2. The van der Waals surface area contributed by atoms with E-state index in [9.17, 15) is 4.39 Å². The molecule has 0 unspecified atom stereocenters. The highest BCUT2D eigenvalue weighted by atomic mass is 35.5. The molecule has 4 heteroatoms. The molecule has 0 amide bonds. The van der Waals surface area contributed by atoms with Gasteiger partial charge in [-0.2, -0.15) is 0 Å². The predicted molar refractivity (Wildman–Crippen MR) is 79.2 cm³/mol. The van der Waals surface area contributed by atoms with Crippen molar-refractivity contribution in [2.24, 2.45) is 0 Å². The summed E-state index contributed by atoms with van der Waals surface area (Å²) >= 11 is 5.86. The van der Waals surface area contributed by atoms with E-state index in [0.29, 0.717) is 17.3 Å². The van der Waals surface area contributed by atoms with Crippen LogP contribution >= 0.6 is 11.6 Å². The minimum Gasteiger partial charge on any atom is -0.493 e. The van der Waals surface area contributed by atoms with Crippen molar-refractivity contribution in [1.82, 2.24) is 0 Å². The van der Waals surface area contributed by atoms with Gasteiger partial charge in [0.1, 0.15) is 11.6 Å². The maximum Gasteiger partial charge on any atom is 0.146 e. The van der Waals surface area contributed by atoms with Crippen molar-refractivity contribution >= 4 is 17.3 Å². The van der Waals surface area contributed by atoms with E-state index in [1.807, 2.05) is 6.07 Å². The molecule has 0 aliphatic carbocycles. The first-order chi connectivity index (χ1) is 9.72. The molecule has 1 aliphatic rings. The van der Waals surface area contributed by atoms with Crippen molar-refractivity contribution in [1.29, 1.82) is 0 Å². The minimum absolute atomic E-state index is 0.281. The van der Waals surface area contributed by atoms with E-state index in [4.69, 9.17) is 16.3 Å². The molecule has 0 saturated heterocycles. The zero-order chi connectivity index (χ0) is 13.9. The first-order valence-corrected chi connectivity index (χ1v) is 7.04. The normalized spacial score (nSPS) is 12.9. The fourth-order valence-corrected chi connectivity index (χ4v) is 2.54. The van der Waals surface area contributed by atoms with Crippen LogP contribution in [0.25, 0.3) is 0 Å². The lowest BCUT2D eigenvalue weighted by Crippen LogP contribution is -2.06. The Morgan fingerprint density at radius 1 is 1.20 bits per heavy atom. The summed E-state index contributed by atoms with van der Waals surface area (Å²) in [5.41, 5.74) is 2.93. The van der Waals surface area contributed by atoms with Crippen molar-refractivity contribution in [3.05, 3.63) is 58.4 Å². The van der Waals surface area contributed by atoms with E-state index in [0.717, 1.165) is 25.2 Å². The maximum absolute atomic E-state index is 13.5. The maximum atomic E-state index is 13.5. The molecule has 0 spiro atoms. The van der Waals surface area contributed by atoms with Gasteiger partial charge in [-0.05, 0) is 41.8 Å². The van der Waals surface area contributed by atoms with E-state index in [-0.39, 0.29) is 5.82 Å². The van der Waals surface area contributed by atoms with E-state index >= 15 is 0 Å². The lowest BCUT2D eigenvalue weighted by atomic mass is 10.1. The quantitative estimate of drug-likeness (QED) is 0.917. The Balaban J connectivity index is 1.61. The molecule has 2 nitrogen and oxygen atoms in total. The molecule has 0 aromatic heterocycles. The summed E-state index contributed by atoms with van der Waals surface area (Å²) in [7, 11) is 0. The smallest absolute Gasteiger partial charge is 0.146 e. The van der Waals surface area contributed by atoms with Crippen molar-refractivity contribution in [2.45, 2.75) is 12.8 Å². The first kappa shape index (κ1) is 13.3. The van der Waals surface area contributed by atoms with Crippen LogP contribution in [0.3, 0.4) is 0 Å². The van der Waals surface area contributed by atoms with Crippen LogP contribution in [0, 0.1) is 5.82 Å². The van der Waals surface area contributed by atoms with Gasteiger partial charge >= 0.3 is 0 Å². The molecule has 0 fully saturated rings. The zero-order valence-corrected chi connectivity index (χ0v) is 11.7. The highest BCUT2D eigenvalue weighted by molar-refractivity contribution is 6.30. The molecular formula is C16H15ClFNO. The topological polar surface area (TPSA) is 21.3 Å². The summed E-state index contributed by atoms with van der Waals surface area (Å²) in [5.74, 6) is 0.708. The van der Waals surface area contributed by atoms with Crippen molar-refractivity contribution in [3.63, 3.8) is 0 Å². The minimum atomic E-state index is -0.281. The van der Waals surface area contributed by atoms with Crippen LogP contribution in [-0.4, -0.2) is 13.2 Å². The number of ether oxygens (including phenoxy) is 1. The van der Waals surface area contributed by atoms with Crippen LogP contribution < -0.4 is 10.1 Å². The van der Waals surface area contributed by atoms with Gasteiger partial charge in [0.2, 0.25) is 0 Å². The molecule has 0 saturated carbocycles. The molecule has 1 heterocycles. The Bertz CT molecular complexity index is 630. The van der Waals surface area contributed by atoms with E-state index in [2.05, 4.69) is 17.4 Å². The number of rotatable bonds is 4. The molecule has 2 aromatic rings. The number of halogens is 2. The summed E-state index contributed by atoms with van der Waals surface area (Å²) in [5, 5.41) is 3.61. The first-order valence-electron chi connectivity index (χ1n) is 6.66. The summed E-state index contributed by atoms with van der Waals surface area (Å²) in [4.78, 5) is 0. The Morgan fingerprint density at radius 3 is 3.00 bits per heavy atom. The number of fused-ring (bicyclic) bond motifs is 1. The van der Waals surface area contributed by atoms with Crippen LogP contribution in [0.5, 0.6) is 5.75 Å². The lowest BCUT2D eigenvalue weighted by molar-refractivity contribution is 0.357. The number of anilines is 1. The summed E-state index contributed by atoms with van der Waals surface area (Å²) in [6.07, 6.45) is 1.80. The Morgan fingerprint density at radius 2 is 2.10 bits per heavy atom. The van der Waals surface area contributed by atoms with Gasteiger partial charge in [-0.1, -0.05) is 23.7 Å². The predicted octanol–water partition coefficient (Wildman–Crippen LogP) is 4.07. The molecule has 3 rings (SSSR count). The molecule has 0 radical (unpaired) electrons. The second-order valence-corrected chi connectivity index (χ2v) is 5.28. The third-order valence-electron chi connectivity index (χ3n) is 3.41. The number of hydrogen-bond donors (Lipinski definition) is 1. The molecule has 1 aliphatic heterocycles. The second-order valence-electron chi connectivity index (χ2n) is 4.84. The summed E-state index contributed by atoms with van der Waals surface area (Å²) in [6, 6.07) is 10.8. The van der Waals surface area contributed by atoms with Gasteiger partial charge in [0.25, 0.3) is 0 Å². The average molecular weight is 292 g/mol. The van der Waals surface area contributed by atoms with Crippen molar-refractivity contribution in [2.75, 3.05) is 18.5 Å². The van der Waals surface area contributed by atoms with Gasteiger partial charge in [0.05, 0.1) is 12.3 Å². The van der Waals surface area contributed by atoms with Crippen LogP contribution in [-0.2, 0) is 12.8 Å². The van der Waals surface area contributed by atoms with E-state index in [1.54, 1.807) is 12.1 Å². The van der Waals surface area contributed by atoms with Crippen molar-refractivity contribution in [3.8, 4) is 5.75 Å². The highest BCUT2D eigenvalue weighted by Gasteiger charge is 2.11. The van der Waals surface area contributed by atoms with Gasteiger partial charge in [-0.3, -0.25) is 0 Å². The van der Waals surface area contributed by atoms with Crippen LogP contribution in [0.4, 0.5) is 10.1 Å². The van der Waals surface area contributed by atoms with Gasteiger partial charge in [-0.25, -0.2) is 4.39 Å². The second kappa shape index (κ2) is 5.71. The van der Waals surface area contributed by atoms with Crippen molar-refractivity contribution < 1.29 is 9.13 Å². The van der Waals surface area contributed by atoms with Crippen LogP contribution in [0.15, 0.2) is 36.4 Å². The standard InChI is InChI=1S/C16H15ClFNO/c17-13-2-3-14(18)15(10-13)19-7-5-11-1-4-16-12(9-11)6-8-20-16/h1-4,9-10,19H,5-8H2. The Kier molecular flexibility index (Phi) is 3.79. The molecule has 0 bridgehead atoms. The molecule has 0 atom stereocenters. The van der Waals surface area contributed by atoms with Crippen LogP contribution in [0.2, 0.25) is 5.02 Å². The largest absolute Gasteiger partial charge is 0.493 e. The number of benzene rings is 2. The fourth-order valence-electron chi connectivity index (χ4n) is 2.37. The lowest BCUT2D eigenvalue weighted by Gasteiger charge is -2.09. The number of nitrogens with one attached hydrogen (secondary N) is 1. The molecule has 104 valence electrons. The average Bonchev–Trinajstić information content (AvgIpc) is 2.90. The molecule has 1 N–H and O–H groups in total. The van der Waals surface area contributed by atoms with Gasteiger partial charge in [0.15, 0.2) is 0 Å². The molecule has 2 aromatic carbocycles. The third-order valence-corrected chi connectivity index (χ3v) is 3.65. The Hall–Kier alpha value is -1.74. The SMILES string of the molecule is Fc1ccc(Cl)cc1NCCc1ccc2c(c1)CCO2. The van der Waals surface area contributed by atoms with Gasteiger partial charge < -0.3 is 10.1 Å². The molecule has 20 heavy (non-hydrogen) atoms. The van der Waals surface area contributed by atoms with E-state index in [1.165, 1.54) is 17.2 Å². The summed E-state index contributed by atoms with van der Waals surface area (Å²) in [6.45, 7) is 1.43. The monoisotopic (exact) mass is 291 g/mol. The third kappa shape index (κ3) is 2.88. The van der Waals surface area contributed by atoms with E-state index < -0.39 is 0 Å². The van der Waals surface area contributed by atoms with Gasteiger partial charge in [-0.15, -0.1) is 0 Å². The van der Waals surface area contributed by atoms with Gasteiger partial charge in [0, 0.05) is 18.0 Å². The highest BCUT2D eigenvalue weighted by Crippen LogP contribution is 2.26. The molecular weight excluding hydrogens is 277 g/mol.